The summed E-state index contributed by atoms with van der Waals surface area (Å²) in [6.07, 6.45) is 0. The van der Waals surface area contributed by atoms with Crippen molar-refractivity contribution in [3.8, 4) is 5.75 Å². The number of benzene rings is 1. The highest BCUT2D eigenvalue weighted by Gasteiger charge is 2.06. The molecule has 0 aromatic heterocycles. The second kappa shape index (κ2) is 6.30. The predicted octanol–water partition coefficient (Wildman–Crippen LogP) is 2.48. The SMILES string of the molecule is CCOC(=O)c1cccc(OCCCl)c1. The molecular formula is C11H13ClO3. The number of alkyl halides is 1. The summed E-state index contributed by atoms with van der Waals surface area (Å²) in [5.74, 6) is 0.707. The van der Waals surface area contributed by atoms with Crippen LogP contribution in [0.4, 0.5) is 0 Å². The Kier molecular flexibility index (Phi) is 4.98. The molecule has 4 heteroatoms. The standard InChI is InChI=1S/C11H13ClO3/c1-2-14-11(13)9-4-3-5-10(8-9)15-7-6-12/h3-5,8H,2,6-7H2,1H3. The Bertz CT molecular complexity index is 325. The van der Waals surface area contributed by atoms with E-state index in [1.165, 1.54) is 0 Å². The Hall–Kier alpha value is -1.22. The maximum absolute atomic E-state index is 11.4. The normalized spacial score (nSPS) is 9.73. The summed E-state index contributed by atoms with van der Waals surface area (Å²) >= 11 is 5.49. The first-order valence-electron chi connectivity index (χ1n) is 4.74. The zero-order chi connectivity index (χ0) is 11.1. The van der Waals surface area contributed by atoms with Crippen molar-refractivity contribution in [2.75, 3.05) is 19.1 Å². The number of halogens is 1. The van der Waals surface area contributed by atoms with Crippen molar-refractivity contribution in [3.63, 3.8) is 0 Å². The van der Waals surface area contributed by atoms with Gasteiger partial charge in [-0.05, 0) is 25.1 Å². The smallest absolute Gasteiger partial charge is 0.338 e. The molecule has 0 spiro atoms. The largest absolute Gasteiger partial charge is 0.492 e. The van der Waals surface area contributed by atoms with Crippen LogP contribution >= 0.6 is 11.6 Å². The first kappa shape index (κ1) is 11.9. The number of hydrogen-bond donors (Lipinski definition) is 0. The lowest BCUT2D eigenvalue weighted by molar-refractivity contribution is 0.0526. The van der Waals surface area contributed by atoms with Gasteiger partial charge in [0.05, 0.1) is 18.1 Å². The molecule has 0 heterocycles. The third kappa shape index (κ3) is 3.80. The Balaban J connectivity index is 2.69. The van der Waals surface area contributed by atoms with E-state index in [2.05, 4.69) is 0 Å². The van der Waals surface area contributed by atoms with Crippen molar-refractivity contribution in [1.82, 2.24) is 0 Å². The molecule has 0 saturated heterocycles. The van der Waals surface area contributed by atoms with Crippen LogP contribution in [0.2, 0.25) is 0 Å². The van der Waals surface area contributed by atoms with Gasteiger partial charge in [-0.1, -0.05) is 6.07 Å². The predicted molar refractivity (Wildman–Crippen MR) is 58.6 cm³/mol. The minimum Gasteiger partial charge on any atom is -0.492 e. The maximum atomic E-state index is 11.4. The third-order valence-electron chi connectivity index (χ3n) is 1.69. The molecule has 1 rings (SSSR count). The van der Waals surface area contributed by atoms with Crippen LogP contribution in [0, 0.1) is 0 Å². The van der Waals surface area contributed by atoms with Crippen molar-refractivity contribution in [2.24, 2.45) is 0 Å². The molecule has 0 aliphatic carbocycles. The van der Waals surface area contributed by atoms with Gasteiger partial charge in [-0.2, -0.15) is 0 Å². The van der Waals surface area contributed by atoms with Crippen molar-refractivity contribution < 1.29 is 14.3 Å². The summed E-state index contributed by atoms with van der Waals surface area (Å²) < 4.78 is 10.2. The van der Waals surface area contributed by atoms with Gasteiger partial charge in [0.1, 0.15) is 12.4 Å². The number of rotatable bonds is 5. The lowest BCUT2D eigenvalue weighted by Gasteiger charge is -2.06. The van der Waals surface area contributed by atoms with Gasteiger partial charge >= 0.3 is 5.97 Å². The second-order valence-electron chi connectivity index (χ2n) is 2.79. The first-order chi connectivity index (χ1) is 7.27. The number of esters is 1. The van der Waals surface area contributed by atoms with E-state index in [0.717, 1.165) is 0 Å². The quantitative estimate of drug-likeness (QED) is 0.574. The van der Waals surface area contributed by atoms with Gasteiger partial charge < -0.3 is 9.47 Å². The van der Waals surface area contributed by atoms with Crippen LogP contribution in [0.5, 0.6) is 5.75 Å². The fourth-order valence-corrected chi connectivity index (χ4v) is 1.16. The van der Waals surface area contributed by atoms with Crippen molar-refractivity contribution in [3.05, 3.63) is 29.8 Å². The molecule has 15 heavy (non-hydrogen) atoms. The highest BCUT2D eigenvalue weighted by molar-refractivity contribution is 6.18. The molecule has 0 radical (unpaired) electrons. The molecule has 0 aliphatic rings. The molecule has 0 aliphatic heterocycles. The Morgan fingerprint density at radius 1 is 1.47 bits per heavy atom. The van der Waals surface area contributed by atoms with E-state index in [-0.39, 0.29) is 5.97 Å². The van der Waals surface area contributed by atoms with Crippen LogP contribution in [0.1, 0.15) is 17.3 Å². The van der Waals surface area contributed by atoms with Crippen LogP contribution in [-0.2, 0) is 4.74 Å². The van der Waals surface area contributed by atoms with E-state index < -0.39 is 0 Å². The Morgan fingerprint density at radius 3 is 2.93 bits per heavy atom. The van der Waals surface area contributed by atoms with Crippen LogP contribution in [0.3, 0.4) is 0 Å². The fourth-order valence-electron chi connectivity index (χ4n) is 1.08. The molecule has 0 saturated carbocycles. The molecule has 1 aromatic rings. The van der Waals surface area contributed by atoms with E-state index in [4.69, 9.17) is 21.1 Å². The number of ether oxygens (including phenoxy) is 2. The summed E-state index contributed by atoms with van der Waals surface area (Å²) in [5, 5.41) is 0. The van der Waals surface area contributed by atoms with Gasteiger partial charge in [0.2, 0.25) is 0 Å². The zero-order valence-electron chi connectivity index (χ0n) is 8.53. The van der Waals surface area contributed by atoms with Gasteiger partial charge in [0, 0.05) is 0 Å². The maximum Gasteiger partial charge on any atom is 0.338 e. The summed E-state index contributed by atoms with van der Waals surface area (Å²) in [5.41, 5.74) is 0.490. The summed E-state index contributed by atoms with van der Waals surface area (Å²) in [7, 11) is 0. The van der Waals surface area contributed by atoms with Crippen LogP contribution < -0.4 is 4.74 Å². The van der Waals surface area contributed by atoms with Crippen molar-refractivity contribution >= 4 is 17.6 Å². The lowest BCUT2D eigenvalue weighted by Crippen LogP contribution is -2.05. The van der Waals surface area contributed by atoms with E-state index >= 15 is 0 Å². The molecule has 0 bridgehead atoms. The minimum absolute atomic E-state index is 0.339. The highest BCUT2D eigenvalue weighted by Crippen LogP contribution is 2.14. The van der Waals surface area contributed by atoms with Gasteiger partial charge in [0.25, 0.3) is 0 Å². The Morgan fingerprint density at radius 2 is 2.27 bits per heavy atom. The lowest BCUT2D eigenvalue weighted by atomic mass is 10.2. The van der Waals surface area contributed by atoms with Crippen LogP contribution in [0.15, 0.2) is 24.3 Å². The van der Waals surface area contributed by atoms with E-state index in [0.29, 0.717) is 30.4 Å². The molecular weight excluding hydrogens is 216 g/mol. The molecule has 3 nitrogen and oxygen atoms in total. The average Bonchev–Trinajstić information content (AvgIpc) is 2.27. The molecule has 82 valence electrons. The summed E-state index contributed by atoms with van der Waals surface area (Å²) in [4.78, 5) is 11.4. The Labute approximate surface area is 93.9 Å². The molecule has 0 amide bonds. The topological polar surface area (TPSA) is 35.5 Å². The van der Waals surface area contributed by atoms with E-state index in [1.807, 2.05) is 0 Å². The molecule has 0 fully saturated rings. The molecule has 0 atom stereocenters. The molecule has 1 aromatic carbocycles. The van der Waals surface area contributed by atoms with Gasteiger partial charge in [0.15, 0.2) is 0 Å². The van der Waals surface area contributed by atoms with Crippen molar-refractivity contribution in [2.45, 2.75) is 6.92 Å². The second-order valence-corrected chi connectivity index (χ2v) is 3.16. The number of carbonyl (C=O) groups excluding carboxylic acids is 1. The first-order valence-corrected chi connectivity index (χ1v) is 5.27. The molecule has 0 unspecified atom stereocenters. The molecule has 0 N–H and O–H groups in total. The third-order valence-corrected chi connectivity index (χ3v) is 1.85. The van der Waals surface area contributed by atoms with Crippen molar-refractivity contribution in [1.29, 1.82) is 0 Å². The highest BCUT2D eigenvalue weighted by atomic mass is 35.5. The van der Waals surface area contributed by atoms with E-state index in [9.17, 15) is 4.79 Å². The number of hydrogen-bond acceptors (Lipinski definition) is 3. The van der Waals surface area contributed by atoms with Gasteiger partial charge in [-0.25, -0.2) is 4.79 Å². The summed E-state index contributed by atoms with van der Waals surface area (Å²) in [6, 6.07) is 6.85. The van der Waals surface area contributed by atoms with Gasteiger partial charge in [-0.15, -0.1) is 11.6 Å². The zero-order valence-corrected chi connectivity index (χ0v) is 9.29. The van der Waals surface area contributed by atoms with Gasteiger partial charge in [-0.3, -0.25) is 0 Å². The van der Waals surface area contributed by atoms with Crippen LogP contribution in [0.25, 0.3) is 0 Å². The van der Waals surface area contributed by atoms with E-state index in [1.54, 1.807) is 31.2 Å². The summed E-state index contributed by atoms with van der Waals surface area (Å²) in [6.45, 7) is 2.56. The monoisotopic (exact) mass is 228 g/mol. The number of carbonyl (C=O) groups is 1. The fraction of sp³-hybridized carbons (Fsp3) is 0.364. The minimum atomic E-state index is -0.339. The van der Waals surface area contributed by atoms with Crippen LogP contribution in [-0.4, -0.2) is 25.1 Å². The average molecular weight is 229 g/mol.